The van der Waals surface area contributed by atoms with Gasteiger partial charge in [0.2, 0.25) is 5.95 Å². The lowest BCUT2D eigenvalue weighted by Crippen LogP contribution is -2.26. The Hall–Kier alpha value is -2.99. The zero-order valence-electron chi connectivity index (χ0n) is 15.2. The van der Waals surface area contributed by atoms with Crippen LogP contribution < -0.4 is 10.6 Å². The third-order valence-corrected chi connectivity index (χ3v) is 4.39. The quantitative estimate of drug-likeness (QED) is 0.604. The summed E-state index contributed by atoms with van der Waals surface area (Å²) in [5, 5.41) is 6.65. The van der Waals surface area contributed by atoms with Crippen LogP contribution in [0.2, 0.25) is 5.02 Å². The van der Waals surface area contributed by atoms with Crippen molar-refractivity contribution in [2.45, 2.75) is 12.8 Å². The van der Waals surface area contributed by atoms with E-state index in [2.05, 4.69) is 20.6 Å². The first kappa shape index (κ1) is 19.8. The van der Waals surface area contributed by atoms with E-state index in [1.807, 2.05) is 24.3 Å². The predicted octanol–water partition coefficient (Wildman–Crippen LogP) is 3.90. The number of amides is 1. The second-order valence-electron chi connectivity index (χ2n) is 6.23. The van der Waals surface area contributed by atoms with E-state index in [4.69, 9.17) is 11.6 Å². The standard InChI is InChI=1S/C21H20ClFN4O/c22-18-5-1-15(2-6-18)10-12-25-21-26-13-17(14-27-21)20(28)24-11-9-16-3-7-19(23)8-4-16/h1-8,13-14H,9-12H2,(H,24,28)(H,25,26,27). The van der Waals surface area contributed by atoms with Crippen molar-refractivity contribution in [1.29, 1.82) is 0 Å². The summed E-state index contributed by atoms with van der Waals surface area (Å²) in [6, 6.07) is 13.9. The van der Waals surface area contributed by atoms with Crippen LogP contribution in [0.4, 0.5) is 10.3 Å². The Bertz CT molecular complexity index is 899. The Morgan fingerprint density at radius 2 is 1.46 bits per heavy atom. The molecule has 0 radical (unpaired) electrons. The van der Waals surface area contributed by atoms with Crippen LogP contribution in [-0.2, 0) is 12.8 Å². The Kier molecular flexibility index (Phi) is 6.92. The molecule has 2 aromatic carbocycles. The number of anilines is 1. The van der Waals surface area contributed by atoms with E-state index in [-0.39, 0.29) is 11.7 Å². The van der Waals surface area contributed by atoms with Crippen molar-refractivity contribution in [2.75, 3.05) is 18.4 Å². The SMILES string of the molecule is O=C(NCCc1ccc(F)cc1)c1cnc(NCCc2ccc(Cl)cc2)nc1. The van der Waals surface area contributed by atoms with Crippen LogP contribution in [0.3, 0.4) is 0 Å². The number of nitrogens with zero attached hydrogens (tertiary/aromatic N) is 2. The third kappa shape index (κ3) is 6.03. The molecule has 5 nitrogen and oxygen atoms in total. The molecule has 3 aromatic rings. The van der Waals surface area contributed by atoms with E-state index >= 15 is 0 Å². The van der Waals surface area contributed by atoms with Gasteiger partial charge in [-0.1, -0.05) is 35.9 Å². The Morgan fingerprint density at radius 3 is 2.11 bits per heavy atom. The van der Waals surface area contributed by atoms with Crippen LogP contribution in [0.5, 0.6) is 0 Å². The van der Waals surface area contributed by atoms with Gasteiger partial charge in [-0.05, 0) is 48.2 Å². The molecule has 28 heavy (non-hydrogen) atoms. The van der Waals surface area contributed by atoms with E-state index in [1.54, 1.807) is 12.1 Å². The minimum atomic E-state index is -0.271. The molecule has 0 spiro atoms. The number of hydrogen-bond acceptors (Lipinski definition) is 4. The van der Waals surface area contributed by atoms with E-state index in [9.17, 15) is 9.18 Å². The smallest absolute Gasteiger partial charge is 0.254 e. The van der Waals surface area contributed by atoms with Gasteiger partial charge in [0.15, 0.2) is 0 Å². The van der Waals surface area contributed by atoms with Gasteiger partial charge < -0.3 is 10.6 Å². The number of carbonyl (C=O) groups is 1. The lowest BCUT2D eigenvalue weighted by atomic mass is 10.1. The molecule has 0 atom stereocenters. The molecule has 0 fully saturated rings. The first-order valence-corrected chi connectivity index (χ1v) is 9.31. The molecule has 1 amide bonds. The number of benzene rings is 2. The molecular weight excluding hydrogens is 379 g/mol. The van der Waals surface area contributed by atoms with E-state index in [1.165, 1.54) is 24.5 Å². The van der Waals surface area contributed by atoms with Crippen molar-refractivity contribution in [3.8, 4) is 0 Å². The van der Waals surface area contributed by atoms with Crippen LogP contribution in [0.25, 0.3) is 0 Å². The molecule has 144 valence electrons. The summed E-state index contributed by atoms with van der Waals surface area (Å²) in [6.45, 7) is 1.12. The topological polar surface area (TPSA) is 66.9 Å². The van der Waals surface area contributed by atoms with Crippen molar-refractivity contribution in [1.82, 2.24) is 15.3 Å². The average Bonchev–Trinajstić information content (AvgIpc) is 2.71. The predicted molar refractivity (Wildman–Crippen MR) is 108 cm³/mol. The van der Waals surface area contributed by atoms with E-state index in [0.29, 0.717) is 36.0 Å². The number of aromatic nitrogens is 2. The average molecular weight is 399 g/mol. The maximum atomic E-state index is 12.9. The second-order valence-corrected chi connectivity index (χ2v) is 6.67. The highest BCUT2D eigenvalue weighted by Crippen LogP contribution is 2.10. The molecular formula is C21H20ClFN4O. The van der Waals surface area contributed by atoms with Crippen LogP contribution in [-0.4, -0.2) is 29.0 Å². The second kappa shape index (κ2) is 9.80. The minimum absolute atomic E-state index is 0.241. The van der Waals surface area contributed by atoms with Crippen molar-refractivity contribution in [2.24, 2.45) is 0 Å². The Morgan fingerprint density at radius 1 is 0.893 bits per heavy atom. The van der Waals surface area contributed by atoms with Gasteiger partial charge in [0, 0.05) is 30.5 Å². The van der Waals surface area contributed by atoms with Gasteiger partial charge in [-0.3, -0.25) is 4.79 Å². The molecule has 0 aliphatic heterocycles. The Labute approximate surface area is 168 Å². The minimum Gasteiger partial charge on any atom is -0.354 e. The molecule has 7 heteroatoms. The van der Waals surface area contributed by atoms with Gasteiger partial charge >= 0.3 is 0 Å². The summed E-state index contributed by atoms with van der Waals surface area (Å²) < 4.78 is 12.9. The zero-order valence-corrected chi connectivity index (χ0v) is 15.9. The maximum Gasteiger partial charge on any atom is 0.254 e. The van der Waals surface area contributed by atoms with Gasteiger partial charge in [0.1, 0.15) is 5.82 Å². The fourth-order valence-electron chi connectivity index (χ4n) is 2.58. The molecule has 0 unspecified atom stereocenters. The van der Waals surface area contributed by atoms with Crippen molar-refractivity contribution in [3.05, 3.63) is 88.5 Å². The Balaban J connectivity index is 1.42. The summed E-state index contributed by atoms with van der Waals surface area (Å²) in [7, 11) is 0. The first-order valence-electron chi connectivity index (χ1n) is 8.93. The fourth-order valence-corrected chi connectivity index (χ4v) is 2.71. The third-order valence-electron chi connectivity index (χ3n) is 4.14. The normalized spacial score (nSPS) is 10.5. The van der Waals surface area contributed by atoms with Crippen molar-refractivity contribution < 1.29 is 9.18 Å². The molecule has 0 saturated heterocycles. The number of rotatable bonds is 8. The lowest BCUT2D eigenvalue weighted by molar-refractivity contribution is 0.0953. The van der Waals surface area contributed by atoms with Gasteiger partial charge in [-0.2, -0.15) is 0 Å². The van der Waals surface area contributed by atoms with Gasteiger partial charge in [-0.25, -0.2) is 14.4 Å². The highest BCUT2D eigenvalue weighted by atomic mass is 35.5. The van der Waals surface area contributed by atoms with Crippen molar-refractivity contribution >= 4 is 23.5 Å². The lowest BCUT2D eigenvalue weighted by Gasteiger charge is -2.07. The zero-order chi connectivity index (χ0) is 19.8. The molecule has 1 aromatic heterocycles. The largest absolute Gasteiger partial charge is 0.354 e. The van der Waals surface area contributed by atoms with E-state index in [0.717, 1.165) is 17.5 Å². The van der Waals surface area contributed by atoms with Crippen LogP contribution in [0, 0.1) is 5.82 Å². The molecule has 0 bridgehead atoms. The van der Waals surface area contributed by atoms with E-state index < -0.39 is 0 Å². The fraction of sp³-hybridized carbons (Fsp3) is 0.190. The number of nitrogens with one attached hydrogen (secondary N) is 2. The summed E-state index contributed by atoms with van der Waals surface area (Å²) in [4.78, 5) is 20.5. The van der Waals surface area contributed by atoms with Crippen molar-refractivity contribution in [3.63, 3.8) is 0 Å². The van der Waals surface area contributed by atoms with Crippen LogP contribution >= 0.6 is 11.6 Å². The summed E-state index contributed by atoms with van der Waals surface area (Å²) >= 11 is 5.87. The van der Waals surface area contributed by atoms with Gasteiger partial charge in [0.05, 0.1) is 5.56 Å². The monoisotopic (exact) mass is 398 g/mol. The summed E-state index contributed by atoms with van der Waals surface area (Å²) in [5.74, 6) is -0.0431. The maximum absolute atomic E-state index is 12.9. The highest BCUT2D eigenvalue weighted by Gasteiger charge is 2.07. The molecule has 0 saturated carbocycles. The number of halogens is 2. The highest BCUT2D eigenvalue weighted by molar-refractivity contribution is 6.30. The number of carbonyl (C=O) groups excluding carboxylic acids is 1. The first-order chi connectivity index (χ1) is 13.6. The molecule has 0 aliphatic rings. The van der Waals surface area contributed by atoms with Crippen LogP contribution in [0.15, 0.2) is 60.9 Å². The summed E-state index contributed by atoms with van der Waals surface area (Å²) in [5.41, 5.74) is 2.51. The number of hydrogen-bond donors (Lipinski definition) is 2. The molecule has 3 rings (SSSR count). The summed E-state index contributed by atoms with van der Waals surface area (Å²) in [6.07, 6.45) is 4.42. The molecule has 1 heterocycles. The van der Waals surface area contributed by atoms with Gasteiger partial charge in [0.25, 0.3) is 5.91 Å². The van der Waals surface area contributed by atoms with Gasteiger partial charge in [-0.15, -0.1) is 0 Å². The molecule has 0 aliphatic carbocycles. The molecule has 2 N–H and O–H groups in total. The van der Waals surface area contributed by atoms with Crippen LogP contribution in [0.1, 0.15) is 21.5 Å².